The number of carbonyl (C=O) groups excluding carboxylic acids is 1. The molecule has 2 saturated carbocycles. The normalized spacial score (nSPS) is 25.1. The first-order chi connectivity index (χ1) is 16.7. The lowest BCUT2D eigenvalue weighted by Gasteiger charge is -2.19. The van der Waals surface area contributed by atoms with E-state index >= 15 is 0 Å². The average Bonchev–Trinajstić information content (AvgIpc) is 3.47. The summed E-state index contributed by atoms with van der Waals surface area (Å²) in [7, 11) is 1.78. The van der Waals surface area contributed by atoms with E-state index in [0.29, 0.717) is 47.4 Å². The van der Waals surface area contributed by atoms with Gasteiger partial charge in [-0.25, -0.2) is 14.4 Å². The van der Waals surface area contributed by atoms with Gasteiger partial charge in [0.15, 0.2) is 0 Å². The van der Waals surface area contributed by atoms with E-state index in [1.807, 2.05) is 0 Å². The molecule has 3 aromatic rings. The van der Waals surface area contributed by atoms with E-state index in [0.717, 1.165) is 18.5 Å². The zero-order valence-corrected chi connectivity index (χ0v) is 19.9. The van der Waals surface area contributed by atoms with Crippen molar-refractivity contribution in [2.75, 3.05) is 11.1 Å². The molecule has 2 unspecified atom stereocenters. The molecule has 7 nitrogen and oxygen atoms in total. The molecule has 2 aliphatic rings. The molecule has 35 heavy (non-hydrogen) atoms. The zero-order valence-electron chi connectivity index (χ0n) is 19.1. The molecule has 2 heterocycles. The van der Waals surface area contributed by atoms with Crippen molar-refractivity contribution in [1.29, 1.82) is 0 Å². The van der Waals surface area contributed by atoms with Crippen LogP contribution in [0.4, 0.5) is 15.9 Å². The summed E-state index contributed by atoms with van der Waals surface area (Å²) in [6, 6.07) is 7.55. The molecule has 0 bridgehead atoms. The Hall–Kier alpha value is -3.41. The predicted molar refractivity (Wildman–Crippen MR) is 131 cm³/mol. The monoisotopic (exact) mass is 493 g/mol. The first kappa shape index (κ1) is 23.3. The van der Waals surface area contributed by atoms with E-state index < -0.39 is 11.4 Å². The van der Waals surface area contributed by atoms with Crippen molar-refractivity contribution in [1.82, 2.24) is 14.5 Å². The smallest absolute Gasteiger partial charge is 0.274 e. The Balaban J connectivity index is 1.28. The first-order valence-corrected chi connectivity index (χ1v) is 11.8. The number of imidazole rings is 1. The van der Waals surface area contributed by atoms with Crippen LogP contribution in [0.15, 0.2) is 42.9 Å². The molecule has 2 aromatic heterocycles. The fraction of sp³-hybridized carbons (Fsp3) is 0.346. The Bertz CT molecular complexity index is 1330. The number of fused-ring (bicyclic) bond motifs is 1. The van der Waals surface area contributed by atoms with Crippen molar-refractivity contribution in [3.63, 3.8) is 0 Å². The van der Waals surface area contributed by atoms with Crippen molar-refractivity contribution in [3.8, 4) is 11.8 Å². The number of nitrogens with one attached hydrogen (secondary N) is 1. The van der Waals surface area contributed by atoms with Gasteiger partial charge in [0.1, 0.15) is 22.9 Å². The van der Waals surface area contributed by atoms with Gasteiger partial charge in [0.05, 0.1) is 17.0 Å². The van der Waals surface area contributed by atoms with Gasteiger partial charge in [-0.1, -0.05) is 23.4 Å². The Morgan fingerprint density at radius 3 is 2.66 bits per heavy atom. The number of amides is 1. The molecule has 2 fully saturated rings. The second-order valence-electron chi connectivity index (χ2n) is 9.52. The van der Waals surface area contributed by atoms with E-state index in [2.05, 4.69) is 27.1 Å². The minimum Gasteiger partial charge on any atom is -0.384 e. The highest BCUT2D eigenvalue weighted by molar-refractivity contribution is 6.31. The van der Waals surface area contributed by atoms with Crippen LogP contribution in [0.2, 0.25) is 5.02 Å². The number of hydrogen-bond donors (Lipinski definition) is 3. The van der Waals surface area contributed by atoms with Crippen molar-refractivity contribution >= 4 is 29.0 Å². The second kappa shape index (κ2) is 8.99. The summed E-state index contributed by atoms with van der Waals surface area (Å²) >= 11 is 5.85. The molecular weight excluding hydrogens is 469 g/mol. The number of hydrogen-bond acceptors (Lipinski definition) is 5. The zero-order chi connectivity index (χ0) is 24.7. The van der Waals surface area contributed by atoms with Crippen LogP contribution in [0.3, 0.4) is 0 Å². The SMILES string of the molecule is Cn1cnc(C2CC3CC(O)(C#Cc4ccc(N)nc4)CC3C2)c1C(=O)Nc1ccc(F)c(Cl)c1. The number of anilines is 2. The topological polar surface area (TPSA) is 106 Å². The number of pyridine rings is 1. The Morgan fingerprint density at radius 2 is 2.00 bits per heavy atom. The number of aliphatic hydroxyl groups is 1. The molecule has 1 amide bonds. The Kier molecular flexibility index (Phi) is 5.99. The van der Waals surface area contributed by atoms with Crippen LogP contribution in [0.25, 0.3) is 0 Å². The summed E-state index contributed by atoms with van der Waals surface area (Å²) in [5.74, 6) is 6.36. The fourth-order valence-electron chi connectivity index (χ4n) is 5.44. The summed E-state index contributed by atoms with van der Waals surface area (Å²) in [4.78, 5) is 21.7. The van der Waals surface area contributed by atoms with E-state index in [-0.39, 0.29) is 16.8 Å². The number of nitrogens with two attached hydrogens (primary N) is 1. The van der Waals surface area contributed by atoms with Crippen molar-refractivity contribution in [3.05, 3.63) is 70.6 Å². The highest BCUT2D eigenvalue weighted by Gasteiger charge is 2.49. The van der Waals surface area contributed by atoms with Gasteiger partial charge in [0.25, 0.3) is 5.91 Å². The molecule has 1 aromatic carbocycles. The Labute approximate surface area is 207 Å². The number of nitrogen functional groups attached to an aromatic ring is 1. The lowest BCUT2D eigenvalue weighted by atomic mass is 9.92. The number of rotatable bonds is 3. The van der Waals surface area contributed by atoms with Gasteiger partial charge in [0.2, 0.25) is 0 Å². The van der Waals surface area contributed by atoms with Gasteiger partial charge < -0.3 is 20.7 Å². The molecule has 4 N–H and O–H groups in total. The van der Waals surface area contributed by atoms with Crippen LogP contribution in [0.1, 0.15) is 53.3 Å². The van der Waals surface area contributed by atoms with Crippen LogP contribution < -0.4 is 11.1 Å². The van der Waals surface area contributed by atoms with E-state index in [1.165, 1.54) is 18.2 Å². The third-order valence-corrected chi connectivity index (χ3v) is 7.30. The summed E-state index contributed by atoms with van der Waals surface area (Å²) in [5, 5.41) is 13.8. The maximum Gasteiger partial charge on any atom is 0.274 e. The van der Waals surface area contributed by atoms with Gasteiger partial charge >= 0.3 is 0 Å². The standard InChI is InChI=1S/C26H25ClFN5O2/c1-33-14-31-23(24(33)25(34)32-19-3-4-21(28)20(27)10-19)16-8-17-11-26(35,12-18(17)9-16)7-6-15-2-5-22(29)30-13-15/h2-5,10,13-14,16-18,35H,8-9,11-12H2,1H3,(H2,29,30)(H,32,34). The van der Waals surface area contributed by atoms with Crippen LogP contribution in [0, 0.1) is 29.5 Å². The number of nitrogens with zero attached hydrogens (tertiary/aromatic N) is 3. The van der Waals surface area contributed by atoms with Gasteiger partial charge in [-0.15, -0.1) is 0 Å². The van der Waals surface area contributed by atoms with Crippen molar-refractivity contribution < 1.29 is 14.3 Å². The number of aromatic nitrogens is 3. The van der Waals surface area contributed by atoms with Crippen LogP contribution in [0.5, 0.6) is 0 Å². The molecule has 2 aliphatic carbocycles. The molecule has 5 rings (SSSR count). The third kappa shape index (κ3) is 4.75. The highest BCUT2D eigenvalue weighted by Crippen LogP contribution is 2.53. The second-order valence-corrected chi connectivity index (χ2v) is 9.93. The largest absolute Gasteiger partial charge is 0.384 e. The minimum absolute atomic E-state index is 0.0557. The average molecular weight is 494 g/mol. The van der Waals surface area contributed by atoms with Crippen LogP contribution in [-0.4, -0.2) is 31.1 Å². The molecule has 0 aliphatic heterocycles. The number of benzene rings is 1. The maximum absolute atomic E-state index is 13.5. The molecule has 0 spiro atoms. The molecule has 9 heteroatoms. The van der Waals surface area contributed by atoms with E-state index in [9.17, 15) is 14.3 Å². The number of aryl methyl sites for hydroxylation is 1. The highest BCUT2D eigenvalue weighted by atomic mass is 35.5. The summed E-state index contributed by atoms with van der Waals surface area (Å²) in [6.07, 6.45) is 6.08. The van der Waals surface area contributed by atoms with Gasteiger partial charge in [-0.3, -0.25) is 4.79 Å². The lowest BCUT2D eigenvalue weighted by Crippen LogP contribution is -2.24. The minimum atomic E-state index is -1.03. The first-order valence-electron chi connectivity index (χ1n) is 11.5. The van der Waals surface area contributed by atoms with Crippen molar-refractivity contribution in [2.24, 2.45) is 18.9 Å². The van der Waals surface area contributed by atoms with Gasteiger partial charge in [-0.2, -0.15) is 0 Å². The molecule has 180 valence electrons. The predicted octanol–water partition coefficient (Wildman–Crippen LogP) is 4.13. The summed E-state index contributed by atoms with van der Waals surface area (Å²) < 4.78 is 15.2. The van der Waals surface area contributed by atoms with Crippen LogP contribution >= 0.6 is 11.6 Å². The lowest BCUT2D eigenvalue weighted by molar-refractivity contribution is 0.0979. The van der Waals surface area contributed by atoms with Gasteiger partial charge in [-0.05, 0) is 67.9 Å². The molecule has 0 saturated heterocycles. The van der Waals surface area contributed by atoms with Crippen LogP contribution in [-0.2, 0) is 7.05 Å². The molecular formula is C26H25ClFN5O2. The van der Waals surface area contributed by atoms with E-state index in [1.54, 1.807) is 36.3 Å². The summed E-state index contributed by atoms with van der Waals surface area (Å²) in [6.45, 7) is 0. The quantitative estimate of drug-likeness (QED) is 0.476. The Morgan fingerprint density at radius 1 is 1.26 bits per heavy atom. The molecule has 2 atom stereocenters. The summed E-state index contributed by atoms with van der Waals surface area (Å²) in [5.41, 5.74) is 6.93. The maximum atomic E-state index is 13.5. The van der Waals surface area contributed by atoms with Gasteiger partial charge in [0, 0.05) is 30.4 Å². The van der Waals surface area contributed by atoms with E-state index in [4.69, 9.17) is 17.3 Å². The van der Waals surface area contributed by atoms with Crippen molar-refractivity contribution in [2.45, 2.75) is 37.2 Å². The number of halogens is 2. The molecule has 0 radical (unpaired) electrons. The number of carbonyl (C=O) groups is 1. The third-order valence-electron chi connectivity index (χ3n) is 7.01. The fourth-order valence-corrected chi connectivity index (χ4v) is 5.62.